The molecule has 1 aliphatic carbocycles. The molecule has 0 radical (unpaired) electrons. The van der Waals surface area contributed by atoms with E-state index in [0.29, 0.717) is 17.1 Å². The SMILES string of the molecule is Cc1ccc(CC(C)Nc2nc(C3CC3)nc(Cl)c2C)s1. The number of nitrogens with zero attached hydrogens (tertiary/aromatic N) is 2. The molecule has 1 atom stereocenters. The Labute approximate surface area is 134 Å². The molecular formula is C16H20ClN3S. The van der Waals surface area contributed by atoms with Crippen molar-refractivity contribution in [3.63, 3.8) is 0 Å². The summed E-state index contributed by atoms with van der Waals surface area (Å²) in [4.78, 5) is 11.8. The lowest BCUT2D eigenvalue weighted by molar-refractivity contribution is 0.785. The van der Waals surface area contributed by atoms with Crippen LogP contribution in [0.1, 0.15) is 46.8 Å². The van der Waals surface area contributed by atoms with E-state index in [1.165, 1.54) is 22.6 Å². The maximum Gasteiger partial charge on any atom is 0.137 e. The summed E-state index contributed by atoms with van der Waals surface area (Å²) in [5, 5.41) is 4.08. The first-order valence-corrected chi connectivity index (χ1v) is 8.58. The first-order chi connectivity index (χ1) is 10.0. The number of thiophene rings is 1. The van der Waals surface area contributed by atoms with Crippen LogP contribution in [0, 0.1) is 13.8 Å². The zero-order valence-electron chi connectivity index (χ0n) is 12.6. The van der Waals surface area contributed by atoms with Crippen LogP contribution in [0.3, 0.4) is 0 Å². The maximum absolute atomic E-state index is 6.25. The average molecular weight is 322 g/mol. The normalized spacial score (nSPS) is 16.0. The fourth-order valence-corrected chi connectivity index (χ4v) is 3.55. The van der Waals surface area contributed by atoms with E-state index in [1.54, 1.807) is 0 Å². The van der Waals surface area contributed by atoms with Crippen molar-refractivity contribution in [1.29, 1.82) is 0 Å². The Hall–Kier alpha value is -1.13. The Kier molecular flexibility index (Phi) is 4.18. The Balaban J connectivity index is 1.74. The standard InChI is InChI=1S/C16H20ClN3S/c1-9(8-13-7-4-10(2)21-13)18-15-11(3)14(17)19-16(20-15)12-5-6-12/h4,7,9,12H,5-6,8H2,1-3H3,(H,18,19,20). The number of halogens is 1. The molecule has 2 aromatic heterocycles. The van der Waals surface area contributed by atoms with Gasteiger partial charge in [-0.2, -0.15) is 0 Å². The van der Waals surface area contributed by atoms with Gasteiger partial charge in [0.05, 0.1) is 0 Å². The lowest BCUT2D eigenvalue weighted by Gasteiger charge is -2.16. The molecule has 1 saturated carbocycles. The van der Waals surface area contributed by atoms with Crippen LogP contribution < -0.4 is 5.32 Å². The third-order valence-corrected chi connectivity index (χ3v) is 5.12. The minimum Gasteiger partial charge on any atom is -0.367 e. The molecule has 0 saturated heterocycles. The summed E-state index contributed by atoms with van der Waals surface area (Å²) in [6.45, 7) is 6.30. The number of hydrogen-bond donors (Lipinski definition) is 1. The molecule has 5 heteroatoms. The fraction of sp³-hybridized carbons (Fsp3) is 0.500. The van der Waals surface area contributed by atoms with E-state index < -0.39 is 0 Å². The number of rotatable bonds is 5. The molecule has 1 aliphatic rings. The molecule has 0 aliphatic heterocycles. The quantitative estimate of drug-likeness (QED) is 0.809. The molecule has 0 bridgehead atoms. The molecule has 1 fully saturated rings. The number of aromatic nitrogens is 2. The van der Waals surface area contributed by atoms with Crippen LogP contribution in [0.2, 0.25) is 5.15 Å². The highest BCUT2D eigenvalue weighted by Gasteiger charge is 2.28. The second-order valence-corrected chi connectivity index (χ2v) is 7.61. The van der Waals surface area contributed by atoms with Crippen LogP contribution in [-0.2, 0) is 6.42 Å². The van der Waals surface area contributed by atoms with Crippen molar-refractivity contribution in [3.8, 4) is 0 Å². The fourth-order valence-electron chi connectivity index (χ4n) is 2.35. The van der Waals surface area contributed by atoms with Crippen LogP contribution in [0.15, 0.2) is 12.1 Å². The molecule has 0 amide bonds. The minimum absolute atomic E-state index is 0.319. The van der Waals surface area contributed by atoms with E-state index in [2.05, 4.69) is 41.3 Å². The van der Waals surface area contributed by atoms with Crippen molar-refractivity contribution in [2.24, 2.45) is 0 Å². The predicted octanol–water partition coefficient (Wildman–Crippen LogP) is 4.73. The van der Waals surface area contributed by atoms with E-state index >= 15 is 0 Å². The van der Waals surface area contributed by atoms with Crippen molar-refractivity contribution in [3.05, 3.63) is 38.4 Å². The van der Waals surface area contributed by atoms with Gasteiger partial charge in [-0.25, -0.2) is 9.97 Å². The smallest absolute Gasteiger partial charge is 0.137 e. The summed E-state index contributed by atoms with van der Waals surface area (Å²) < 4.78 is 0. The van der Waals surface area contributed by atoms with E-state index in [1.807, 2.05) is 18.3 Å². The zero-order chi connectivity index (χ0) is 15.0. The van der Waals surface area contributed by atoms with E-state index in [-0.39, 0.29) is 0 Å². The summed E-state index contributed by atoms with van der Waals surface area (Å²) in [5.74, 6) is 2.30. The van der Waals surface area contributed by atoms with Crippen molar-refractivity contribution in [2.45, 2.75) is 52.0 Å². The second kappa shape index (κ2) is 5.93. The second-order valence-electron chi connectivity index (χ2n) is 5.88. The summed E-state index contributed by atoms with van der Waals surface area (Å²) >= 11 is 8.10. The van der Waals surface area contributed by atoms with Gasteiger partial charge in [0.2, 0.25) is 0 Å². The summed E-state index contributed by atoms with van der Waals surface area (Å²) in [7, 11) is 0. The number of hydrogen-bond acceptors (Lipinski definition) is 4. The molecule has 3 rings (SSSR count). The first kappa shape index (κ1) is 14.8. The molecule has 0 aromatic carbocycles. The van der Waals surface area contributed by atoms with Crippen LogP contribution in [0.4, 0.5) is 5.82 Å². The van der Waals surface area contributed by atoms with Gasteiger partial charge in [-0.3, -0.25) is 0 Å². The van der Waals surface area contributed by atoms with Gasteiger partial charge in [-0.15, -0.1) is 11.3 Å². The summed E-state index contributed by atoms with van der Waals surface area (Å²) in [6.07, 6.45) is 3.37. The Bertz CT molecular complexity index is 649. The van der Waals surface area contributed by atoms with Crippen LogP contribution >= 0.6 is 22.9 Å². The average Bonchev–Trinajstić information content (AvgIpc) is 3.19. The lowest BCUT2D eigenvalue weighted by Crippen LogP contribution is -2.20. The maximum atomic E-state index is 6.25. The third-order valence-electron chi connectivity index (χ3n) is 3.73. The monoisotopic (exact) mass is 321 g/mol. The van der Waals surface area contributed by atoms with Gasteiger partial charge in [-0.1, -0.05) is 11.6 Å². The van der Waals surface area contributed by atoms with Crippen molar-refractivity contribution in [1.82, 2.24) is 9.97 Å². The van der Waals surface area contributed by atoms with Crippen LogP contribution in [0.25, 0.3) is 0 Å². The van der Waals surface area contributed by atoms with E-state index in [0.717, 1.165) is 23.6 Å². The van der Waals surface area contributed by atoms with Gasteiger partial charge in [-0.05, 0) is 45.7 Å². The molecule has 3 nitrogen and oxygen atoms in total. The molecule has 2 heterocycles. The Morgan fingerprint density at radius 1 is 1.33 bits per heavy atom. The van der Waals surface area contributed by atoms with Gasteiger partial charge < -0.3 is 5.32 Å². The highest BCUT2D eigenvalue weighted by atomic mass is 35.5. The largest absolute Gasteiger partial charge is 0.367 e. The molecular weight excluding hydrogens is 302 g/mol. The van der Waals surface area contributed by atoms with Gasteiger partial charge in [0.25, 0.3) is 0 Å². The first-order valence-electron chi connectivity index (χ1n) is 7.39. The van der Waals surface area contributed by atoms with Gasteiger partial charge in [0.15, 0.2) is 0 Å². The Morgan fingerprint density at radius 2 is 2.10 bits per heavy atom. The third kappa shape index (κ3) is 3.55. The van der Waals surface area contributed by atoms with Gasteiger partial charge >= 0.3 is 0 Å². The molecule has 21 heavy (non-hydrogen) atoms. The number of aryl methyl sites for hydroxylation is 1. The summed E-state index contributed by atoms with van der Waals surface area (Å²) in [5.41, 5.74) is 0.940. The van der Waals surface area contributed by atoms with E-state index in [4.69, 9.17) is 11.6 Å². The van der Waals surface area contributed by atoms with Crippen LogP contribution in [0.5, 0.6) is 0 Å². The predicted molar refractivity (Wildman–Crippen MR) is 89.6 cm³/mol. The van der Waals surface area contributed by atoms with Crippen molar-refractivity contribution < 1.29 is 0 Å². The van der Waals surface area contributed by atoms with Crippen molar-refractivity contribution in [2.75, 3.05) is 5.32 Å². The summed E-state index contributed by atoms with van der Waals surface area (Å²) in [6, 6.07) is 4.69. The van der Waals surface area contributed by atoms with Gasteiger partial charge in [0.1, 0.15) is 16.8 Å². The molecule has 0 spiro atoms. The van der Waals surface area contributed by atoms with E-state index in [9.17, 15) is 0 Å². The van der Waals surface area contributed by atoms with Crippen LogP contribution in [-0.4, -0.2) is 16.0 Å². The minimum atomic E-state index is 0.319. The molecule has 2 aromatic rings. The number of nitrogens with one attached hydrogen (secondary N) is 1. The van der Waals surface area contributed by atoms with Gasteiger partial charge in [0, 0.05) is 33.7 Å². The molecule has 1 N–H and O–H groups in total. The topological polar surface area (TPSA) is 37.8 Å². The van der Waals surface area contributed by atoms with Crippen molar-refractivity contribution >= 4 is 28.8 Å². The number of anilines is 1. The lowest BCUT2D eigenvalue weighted by atomic mass is 10.2. The highest BCUT2D eigenvalue weighted by Crippen LogP contribution is 2.39. The molecule has 112 valence electrons. The highest BCUT2D eigenvalue weighted by molar-refractivity contribution is 7.11. The molecule has 1 unspecified atom stereocenters. The Morgan fingerprint density at radius 3 is 2.71 bits per heavy atom. The zero-order valence-corrected chi connectivity index (χ0v) is 14.2.